The third kappa shape index (κ3) is 3.65. The second-order valence-electron chi connectivity index (χ2n) is 5.45. The third-order valence-electron chi connectivity index (χ3n) is 2.53. The molecule has 0 aliphatic rings. The fraction of sp³-hybridized carbons (Fsp3) is 0.286. The topological polar surface area (TPSA) is 94.4 Å². The number of fused-ring (bicyclic) bond motifs is 1. The van der Waals surface area contributed by atoms with Crippen molar-refractivity contribution < 1.29 is 14.5 Å². The zero-order valence-corrected chi connectivity index (χ0v) is 11.9. The number of benzene rings is 1. The fourth-order valence-electron chi connectivity index (χ4n) is 1.81. The summed E-state index contributed by atoms with van der Waals surface area (Å²) in [5, 5.41) is 14.2. The molecule has 0 spiro atoms. The van der Waals surface area contributed by atoms with Crippen molar-refractivity contribution in [2.75, 3.05) is 5.32 Å². The summed E-state index contributed by atoms with van der Waals surface area (Å²) in [5.41, 5.74) is -0.248. The van der Waals surface area contributed by atoms with Crippen LogP contribution in [0, 0.1) is 10.1 Å². The Bertz CT molecular complexity index is 707. The van der Waals surface area contributed by atoms with E-state index in [0.29, 0.717) is 5.39 Å². The molecule has 0 aliphatic carbocycles. The Kier molecular flexibility index (Phi) is 3.75. The van der Waals surface area contributed by atoms with Crippen LogP contribution in [-0.2, 0) is 4.74 Å². The number of carbonyl (C=O) groups is 1. The van der Waals surface area contributed by atoms with Gasteiger partial charge in [0, 0.05) is 17.6 Å². The number of carbonyl (C=O) groups excluding carboxylic acids is 1. The molecule has 1 N–H and O–H groups in total. The van der Waals surface area contributed by atoms with Crippen LogP contribution in [0.1, 0.15) is 20.8 Å². The number of rotatable bonds is 2. The van der Waals surface area contributed by atoms with Gasteiger partial charge in [0.1, 0.15) is 11.1 Å². The zero-order chi connectivity index (χ0) is 15.6. The Morgan fingerprint density at radius 1 is 1.38 bits per heavy atom. The molecule has 0 fully saturated rings. The van der Waals surface area contributed by atoms with Crippen LogP contribution in [0.3, 0.4) is 0 Å². The number of nitro groups is 1. The number of pyridine rings is 1. The Morgan fingerprint density at radius 3 is 2.71 bits per heavy atom. The molecule has 0 unspecified atom stereocenters. The summed E-state index contributed by atoms with van der Waals surface area (Å²) >= 11 is 0. The summed E-state index contributed by atoms with van der Waals surface area (Å²) in [6.07, 6.45) is 0.816. The van der Waals surface area contributed by atoms with E-state index in [9.17, 15) is 14.9 Å². The van der Waals surface area contributed by atoms with E-state index in [2.05, 4.69) is 10.3 Å². The van der Waals surface area contributed by atoms with Crippen LogP contribution in [0.25, 0.3) is 10.9 Å². The van der Waals surface area contributed by atoms with Gasteiger partial charge in [-0.25, -0.2) is 9.78 Å². The smallest absolute Gasteiger partial charge is 0.412 e. The Morgan fingerprint density at radius 2 is 2.10 bits per heavy atom. The van der Waals surface area contributed by atoms with Gasteiger partial charge in [0.25, 0.3) is 5.69 Å². The summed E-state index contributed by atoms with van der Waals surface area (Å²) in [5.74, 6) is 0. The zero-order valence-electron chi connectivity index (χ0n) is 11.9. The van der Waals surface area contributed by atoms with Crippen LogP contribution < -0.4 is 5.32 Å². The van der Waals surface area contributed by atoms with Gasteiger partial charge >= 0.3 is 6.09 Å². The van der Waals surface area contributed by atoms with Gasteiger partial charge in [-0.05, 0) is 32.9 Å². The van der Waals surface area contributed by atoms with Crippen LogP contribution in [0.4, 0.5) is 16.2 Å². The van der Waals surface area contributed by atoms with Gasteiger partial charge in [-0.1, -0.05) is 6.07 Å². The predicted molar refractivity (Wildman–Crippen MR) is 78.3 cm³/mol. The van der Waals surface area contributed by atoms with Crippen LogP contribution in [0.2, 0.25) is 0 Å². The van der Waals surface area contributed by atoms with Gasteiger partial charge < -0.3 is 4.74 Å². The Hall–Kier alpha value is -2.70. The number of aromatic nitrogens is 1. The molecule has 110 valence electrons. The molecule has 2 aromatic rings. The number of hydrogen-bond acceptors (Lipinski definition) is 5. The summed E-state index contributed by atoms with van der Waals surface area (Å²) in [6.45, 7) is 5.21. The standard InChI is InChI=1S/C14H15N3O4/c1-14(2,3)21-13(18)16-10-7-9-5-4-6-15-12(9)11(8-10)17(19)20/h4-8H,1-3H3,(H,16,18). The Labute approximate surface area is 121 Å². The molecule has 1 aromatic heterocycles. The Balaban J connectivity index is 2.37. The molecule has 1 aromatic carbocycles. The quantitative estimate of drug-likeness (QED) is 0.674. The van der Waals surface area contributed by atoms with Gasteiger partial charge in [0.2, 0.25) is 0 Å². The summed E-state index contributed by atoms with van der Waals surface area (Å²) in [7, 11) is 0. The molecule has 0 radical (unpaired) electrons. The molecular weight excluding hydrogens is 274 g/mol. The molecule has 0 bridgehead atoms. The molecule has 1 amide bonds. The van der Waals surface area contributed by atoms with E-state index in [4.69, 9.17) is 4.74 Å². The second kappa shape index (κ2) is 5.35. The van der Waals surface area contributed by atoms with Gasteiger partial charge in [-0.3, -0.25) is 15.4 Å². The maximum Gasteiger partial charge on any atom is 0.412 e. The van der Waals surface area contributed by atoms with E-state index < -0.39 is 16.6 Å². The van der Waals surface area contributed by atoms with Crippen LogP contribution in [0.5, 0.6) is 0 Å². The highest BCUT2D eigenvalue weighted by Gasteiger charge is 2.19. The van der Waals surface area contributed by atoms with Crippen molar-refractivity contribution in [1.82, 2.24) is 4.98 Å². The highest BCUT2D eigenvalue weighted by atomic mass is 16.6. The first-order valence-corrected chi connectivity index (χ1v) is 6.29. The van der Waals surface area contributed by atoms with E-state index in [0.717, 1.165) is 0 Å². The maximum atomic E-state index is 11.7. The molecular formula is C14H15N3O4. The molecule has 7 heteroatoms. The molecule has 21 heavy (non-hydrogen) atoms. The highest BCUT2D eigenvalue weighted by molar-refractivity contribution is 5.94. The lowest BCUT2D eigenvalue weighted by Crippen LogP contribution is -2.27. The predicted octanol–water partition coefficient (Wildman–Crippen LogP) is 3.49. The van der Waals surface area contributed by atoms with Crippen molar-refractivity contribution in [3.05, 3.63) is 40.6 Å². The van der Waals surface area contributed by atoms with E-state index >= 15 is 0 Å². The number of non-ortho nitro benzene ring substituents is 1. The highest BCUT2D eigenvalue weighted by Crippen LogP contribution is 2.28. The first-order valence-electron chi connectivity index (χ1n) is 6.29. The van der Waals surface area contributed by atoms with E-state index in [1.807, 2.05) is 0 Å². The molecule has 1 heterocycles. The van der Waals surface area contributed by atoms with Crippen molar-refractivity contribution >= 4 is 28.4 Å². The normalized spacial score (nSPS) is 11.2. The van der Waals surface area contributed by atoms with Gasteiger partial charge in [0.05, 0.1) is 10.6 Å². The van der Waals surface area contributed by atoms with E-state index in [1.165, 1.54) is 12.3 Å². The summed E-state index contributed by atoms with van der Waals surface area (Å²) < 4.78 is 5.12. The minimum atomic E-state index is -0.667. The fourth-order valence-corrected chi connectivity index (χ4v) is 1.81. The second-order valence-corrected chi connectivity index (χ2v) is 5.45. The van der Waals surface area contributed by atoms with Crippen LogP contribution >= 0.6 is 0 Å². The van der Waals surface area contributed by atoms with Gasteiger partial charge in [-0.15, -0.1) is 0 Å². The van der Waals surface area contributed by atoms with Crippen molar-refractivity contribution in [2.45, 2.75) is 26.4 Å². The molecule has 0 saturated carbocycles. The monoisotopic (exact) mass is 289 g/mol. The average Bonchev–Trinajstić information content (AvgIpc) is 2.35. The lowest BCUT2D eigenvalue weighted by atomic mass is 10.1. The first kappa shape index (κ1) is 14.7. The van der Waals surface area contributed by atoms with Crippen molar-refractivity contribution in [2.24, 2.45) is 0 Å². The number of nitrogens with zero attached hydrogens (tertiary/aromatic N) is 2. The average molecular weight is 289 g/mol. The third-order valence-corrected chi connectivity index (χ3v) is 2.53. The minimum Gasteiger partial charge on any atom is -0.444 e. The minimum absolute atomic E-state index is 0.167. The first-order chi connectivity index (χ1) is 9.76. The number of anilines is 1. The lowest BCUT2D eigenvalue weighted by Gasteiger charge is -2.19. The van der Waals surface area contributed by atoms with E-state index in [1.54, 1.807) is 39.0 Å². The van der Waals surface area contributed by atoms with Crippen molar-refractivity contribution in [3.8, 4) is 0 Å². The van der Waals surface area contributed by atoms with Crippen molar-refractivity contribution in [3.63, 3.8) is 0 Å². The number of amides is 1. The molecule has 7 nitrogen and oxygen atoms in total. The largest absolute Gasteiger partial charge is 0.444 e. The van der Waals surface area contributed by atoms with Gasteiger partial charge in [0.15, 0.2) is 0 Å². The molecule has 0 aliphatic heterocycles. The summed E-state index contributed by atoms with van der Waals surface area (Å²) in [6, 6.07) is 6.23. The molecule has 0 saturated heterocycles. The SMILES string of the molecule is CC(C)(C)OC(=O)Nc1cc([N+](=O)[O-])c2ncccc2c1. The number of nitrogens with one attached hydrogen (secondary N) is 1. The van der Waals surface area contributed by atoms with Crippen LogP contribution in [-0.4, -0.2) is 21.6 Å². The summed E-state index contributed by atoms with van der Waals surface area (Å²) in [4.78, 5) is 26.3. The lowest BCUT2D eigenvalue weighted by molar-refractivity contribution is -0.383. The maximum absolute atomic E-state index is 11.7. The van der Waals surface area contributed by atoms with Crippen LogP contribution in [0.15, 0.2) is 30.5 Å². The van der Waals surface area contributed by atoms with E-state index in [-0.39, 0.29) is 16.9 Å². The number of hydrogen-bond donors (Lipinski definition) is 1. The molecule has 0 atom stereocenters. The van der Waals surface area contributed by atoms with Gasteiger partial charge in [-0.2, -0.15) is 0 Å². The number of nitro benzene ring substituents is 1. The van der Waals surface area contributed by atoms with Crippen molar-refractivity contribution in [1.29, 1.82) is 0 Å². The number of ether oxygens (including phenoxy) is 1. The molecule has 2 rings (SSSR count).